The Kier molecular flexibility index (Phi) is 2.97. The first kappa shape index (κ1) is 11.6. The Labute approximate surface area is 103 Å². The summed E-state index contributed by atoms with van der Waals surface area (Å²) in [6, 6.07) is 0. The summed E-state index contributed by atoms with van der Waals surface area (Å²) in [5.41, 5.74) is -0.0761. The fraction of sp³-hybridized carbons (Fsp3) is 0.923. The molecule has 1 aliphatic carbocycles. The maximum atomic E-state index is 11.1. The molecule has 0 spiro atoms. The lowest BCUT2D eigenvalue weighted by atomic mass is 9.66. The molecular weight excluding hydrogens is 216 g/mol. The first-order chi connectivity index (χ1) is 8.26. The number of nitrogens with zero attached hydrogens (tertiary/aromatic N) is 1. The quantitative estimate of drug-likeness (QED) is 0.724. The fourth-order valence-corrected chi connectivity index (χ4v) is 3.42. The normalized spacial score (nSPS) is 42.6. The zero-order valence-electron chi connectivity index (χ0n) is 10.4. The van der Waals surface area contributed by atoms with Gasteiger partial charge < -0.3 is 14.8 Å². The molecule has 3 saturated heterocycles. The van der Waals surface area contributed by atoms with Crippen LogP contribution in [0.15, 0.2) is 0 Å². The summed E-state index contributed by atoms with van der Waals surface area (Å²) in [5.74, 6) is 0. The molecule has 4 heteroatoms. The first-order valence-electron chi connectivity index (χ1n) is 6.79. The molecule has 1 saturated carbocycles. The van der Waals surface area contributed by atoms with Crippen molar-refractivity contribution >= 4 is 6.29 Å². The number of hydrogen-bond donors (Lipinski definition) is 1. The Balaban J connectivity index is 1.62. The number of fused-ring (bicyclic) bond motifs is 3. The van der Waals surface area contributed by atoms with E-state index in [9.17, 15) is 4.79 Å². The molecule has 0 atom stereocenters. The van der Waals surface area contributed by atoms with Gasteiger partial charge in [-0.1, -0.05) is 0 Å². The van der Waals surface area contributed by atoms with Gasteiger partial charge in [0.2, 0.25) is 0 Å². The lowest BCUT2D eigenvalue weighted by molar-refractivity contribution is -0.188. The maximum absolute atomic E-state index is 11.1. The van der Waals surface area contributed by atoms with E-state index in [-0.39, 0.29) is 11.0 Å². The van der Waals surface area contributed by atoms with Crippen molar-refractivity contribution < 1.29 is 9.53 Å². The minimum Gasteiger partial charge on any atom is -0.373 e. The highest BCUT2D eigenvalue weighted by Gasteiger charge is 2.50. The summed E-state index contributed by atoms with van der Waals surface area (Å²) >= 11 is 0. The molecule has 4 fully saturated rings. The van der Waals surface area contributed by atoms with Gasteiger partial charge in [0.25, 0.3) is 0 Å². The number of hydrogen-bond acceptors (Lipinski definition) is 4. The molecule has 4 rings (SSSR count). The van der Waals surface area contributed by atoms with Gasteiger partial charge in [-0.3, -0.25) is 4.90 Å². The molecule has 17 heavy (non-hydrogen) atoms. The van der Waals surface area contributed by atoms with Crippen LogP contribution in [0, 0.1) is 5.41 Å². The molecular formula is C13H22N2O2. The van der Waals surface area contributed by atoms with Gasteiger partial charge in [0, 0.05) is 38.1 Å². The van der Waals surface area contributed by atoms with Crippen LogP contribution in [-0.4, -0.2) is 56.1 Å². The predicted molar refractivity (Wildman–Crippen MR) is 65.0 cm³/mol. The van der Waals surface area contributed by atoms with Crippen LogP contribution in [0.4, 0.5) is 0 Å². The minimum atomic E-state index is -0.134. The van der Waals surface area contributed by atoms with Crippen LogP contribution in [0.3, 0.4) is 0 Å². The van der Waals surface area contributed by atoms with Gasteiger partial charge in [0.15, 0.2) is 0 Å². The highest BCUT2D eigenvalue weighted by atomic mass is 16.5. The Bertz CT molecular complexity index is 275. The largest absolute Gasteiger partial charge is 0.373 e. The molecule has 3 aliphatic heterocycles. The zero-order chi connectivity index (χ0) is 11.8. The smallest absolute Gasteiger partial charge is 0.128 e. The van der Waals surface area contributed by atoms with Gasteiger partial charge in [0.1, 0.15) is 6.29 Å². The number of ether oxygens (including phenoxy) is 1. The van der Waals surface area contributed by atoms with Crippen molar-refractivity contribution in [1.29, 1.82) is 0 Å². The number of piperazine rings is 1. The van der Waals surface area contributed by atoms with E-state index >= 15 is 0 Å². The second-order valence-corrected chi connectivity index (χ2v) is 5.98. The summed E-state index contributed by atoms with van der Waals surface area (Å²) in [6.45, 7) is 6.16. The molecule has 96 valence electrons. The van der Waals surface area contributed by atoms with E-state index in [4.69, 9.17) is 4.74 Å². The summed E-state index contributed by atoms with van der Waals surface area (Å²) in [7, 11) is 0. The molecule has 4 aliphatic rings. The predicted octanol–water partition coefficient (Wildman–Crippen LogP) is 0.420. The summed E-state index contributed by atoms with van der Waals surface area (Å²) in [4.78, 5) is 13.6. The molecule has 0 radical (unpaired) electrons. The van der Waals surface area contributed by atoms with Crippen LogP contribution in [0.1, 0.15) is 25.7 Å². The molecule has 0 aromatic rings. The number of nitrogens with one attached hydrogen (secondary N) is 1. The number of carbonyl (C=O) groups is 1. The Morgan fingerprint density at radius 2 is 1.88 bits per heavy atom. The Morgan fingerprint density at radius 1 is 1.18 bits per heavy atom. The van der Waals surface area contributed by atoms with Crippen LogP contribution in [0.2, 0.25) is 0 Å². The second kappa shape index (κ2) is 4.34. The third kappa shape index (κ3) is 2.14. The molecule has 2 bridgehead atoms. The third-order valence-electron chi connectivity index (χ3n) is 4.79. The fourth-order valence-electron chi connectivity index (χ4n) is 3.42. The Morgan fingerprint density at radius 3 is 2.41 bits per heavy atom. The van der Waals surface area contributed by atoms with Crippen LogP contribution in [0.25, 0.3) is 0 Å². The first-order valence-corrected chi connectivity index (χ1v) is 6.79. The van der Waals surface area contributed by atoms with Crippen LogP contribution in [-0.2, 0) is 9.53 Å². The van der Waals surface area contributed by atoms with Gasteiger partial charge in [-0.15, -0.1) is 0 Å². The van der Waals surface area contributed by atoms with E-state index in [1.54, 1.807) is 0 Å². The molecule has 0 amide bonds. The average molecular weight is 238 g/mol. The number of rotatable bonds is 3. The van der Waals surface area contributed by atoms with Crippen molar-refractivity contribution in [1.82, 2.24) is 10.2 Å². The van der Waals surface area contributed by atoms with Gasteiger partial charge in [-0.05, 0) is 25.7 Å². The van der Waals surface area contributed by atoms with Crippen molar-refractivity contribution in [2.45, 2.75) is 31.3 Å². The summed E-state index contributed by atoms with van der Waals surface area (Å²) in [6.07, 6.45) is 5.33. The number of carbonyl (C=O) groups excluding carboxylic acids is 1. The van der Waals surface area contributed by atoms with Crippen LogP contribution < -0.4 is 5.32 Å². The maximum Gasteiger partial charge on any atom is 0.128 e. The van der Waals surface area contributed by atoms with Crippen LogP contribution in [0.5, 0.6) is 0 Å². The van der Waals surface area contributed by atoms with Gasteiger partial charge >= 0.3 is 0 Å². The number of aldehydes is 1. The zero-order valence-corrected chi connectivity index (χ0v) is 10.4. The molecule has 0 aromatic carbocycles. The van der Waals surface area contributed by atoms with E-state index in [1.807, 2.05) is 0 Å². The summed E-state index contributed by atoms with van der Waals surface area (Å²) < 4.78 is 6.07. The van der Waals surface area contributed by atoms with Crippen molar-refractivity contribution in [2.75, 3.05) is 39.3 Å². The van der Waals surface area contributed by atoms with Crippen molar-refractivity contribution in [3.05, 3.63) is 0 Å². The van der Waals surface area contributed by atoms with Crippen molar-refractivity contribution in [3.63, 3.8) is 0 Å². The van der Waals surface area contributed by atoms with E-state index in [0.717, 1.165) is 64.7 Å². The molecule has 1 N–H and O–H groups in total. The minimum absolute atomic E-state index is 0.0576. The van der Waals surface area contributed by atoms with Gasteiger partial charge in [0.05, 0.1) is 12.2 Å². The van der Waals surface area contributed by atoms with E-state index in [0.29, 0.717) is 6.61 Å². The van der Waals surface area contributed by atoms with Gasteiger partial charge in [-0.25, -0.2) is 0 Å². The lowest BCUT2D eigenvalue weighted by Gasteiger charge is -2.52. The third-order valence-corrected chi connectivity index (χ3v) is 4.79. The topological polar surface area (TPSA) is 41.6 Å². The Hall–Kier alpha value is -0.450. The lowest BCUT2D eigenvalue weighted by Crippen LogP contribution is -2.58. The highest BCUT2D eigenvalue weighted by Crippen LogP contribution is 2.47. The van der Waals surface area contributed by atoms with Crippen LogP contribution >= 0.6 is 0 Å². The average Bonchev–Trinajstić information content (AvgIpc) is 2.42. The SMILES string of the molecule is O=CC12CCC(CN3CCNCC3)(CC1)OC2. The molecule has 3 heterocycles. The summed E-state index contributed by atoms with van der Waals surface area (Å²) in [5, 5.41) is 3.38. The monoisotopic (exact) mass is 238 g/mol. The highest BCUT2D eigenvalue weighted by molar-refractivity contribution is 5.60. The molecule has 0 unspecified atom stereocenters. The van der Waals surface area contributed by atoms with Crippen molar-refractivity contribution in [2.24, 2.45) is 5.41 Å². The van der Waals surface area contributed by atoms with E-state index < -0.39 is 0 Å². The van der Waals surface area contributed by atoms with E-state index in [1.165, 1.54) is 0 Å². The second-order valence-electron chi connectivity index (χ2n) is 5.98. The molecule has 0 aromatic heterocycles. The molecule has 4 nitrogen and oxygen atoms in total. The van der Waals surface area contributed by atoms with E-state index in [2.05, 4.69) is 10.2 Å². The standard InChI is InChI=1S/C13H22N2O2/c16-10-12-1-3-13(4-2-12,17-11-12)9-15-7-5-14-6-8-15/h10,14H,1-9,11H2. The van der Waals surface area contributed by atoms with Crippen molar-refractivity contribution in [3.8, 4) is 0 Å². The van der Waals surface area contributed by atoms with Gasteiger partial charge in [-0.2, -0.15) is 0 Å².